The summed E-state index contributed by atoms with van der Waals surface area (Å²) in [5.74, 6) is -3.34. The lowest BCUT2D eigenvalue weighted by atomic mass is 9.99. The summed E-state index contributed by atoms with van der Waals surface area (Å²) in [6, 6.07) is 3.08. The highest BCUT2D eigenvalue weighted by atomic mass is 16.4. The van der Waals surface area contributed by atoms with Crippen molar-refractivity contribution in [3.05, 3.63) is 29.8 Å². The van der Waals surface area contributed by atoms with Gasteiger partial charge in [-0.25, -0.2) is 4.79 Å². The molecule has 0 fully saturated rings. The molecule has 1 rings (SSSR count). The van der Waals surface area contributed by atoms with E-state index in [1.165, 1.54) is 12.1 Å². The number of hydrogen-bond donors (Lipinski definition) is 6. The zero-order chi connectivity index (χ0) is 24.4. The van der Waals surface area contributed by atoms with Crippen LogP contribution in [0.1, 0.15) is 39.7 Å². The highest BCUT2D eigenvalue weighted by molar-refractivity contribution is 5.92. The SMILES string of the molecule is CC[C@H](C)[C@H](N)C(=O)NCC(=O)N[C@@H](Cc1ccc(O)cc1)C(=O)N[C@H](C(=O)O)C(C)C. The maximum Gasteiger partial charge on any atom is 0.326 e. The number of aromatic hydroxyl groups is 1. The Labute approximate surface area is 187 Å². The van der Waals surface area contributed by atoms with E-state index in [0.29, 0.717) is 12.0 Å². The van der Waals surface area contributed by atoms with Crippen molar-refractivity contribution in [1.82, 2.24) is 16.0 Å². The van der Waals surface area contributed by atoms with Gasteiger partial charge in [0, 0.05) is 6.42 Å². The molecule has 1 aromatic rings. The second-order valence-corrected chi connectivity index (χ2v) is 8.19. The first kappa shape index (κ1) is 26.9. The van der Waals surface area contributed by atoms with Gasteiger partial charge in [-0.2, -0.15) is 0 Å². The largest absolute Gasteiger partial charge is 0.508 e. The molecule has 0 bridgehead atoms. The molecule has 7 N–H and O–H groups in total. The highest BCUT2D eigenvalue weighted by Crippen LogP contribution is 2.12. The van der Waals surface area contributed by atoms with Gasteiger partial charge in [0.15, 0.2) is 0 Å². The van der Waals surface area contributed by atoms with Crippen LogP contribution in [0.5, 0.6) is 5.75 Å². The molecule has 0 aliphatic rings. The van der Waals surface area contributed by atoms with Crippen LogP contribution in [0.4, 0.5) is 0 Å². The van der Waals surface area contributed by atoms with Crippen molar-refractivity contribution < 1.29 is 29.4 Å². The van der Waals surface area contributed by atoms with E-state index in [2.05, 4.69) is 16.0 Å². The Morgan fingerprint density at radius 2 is 1.59 bits per heavy atom. The number of benzene rings is 1. The fourth-order valence-corrected chi connectivity index (χ4v) is 2.89. The number of carboxylic acids is 1. The first-order valence-corrected chi connectivity index (χ1v) is 10.6. The van der Waals surface area contributed by atoms with Gasteiger partial charge in [0.2, 0.25) is 17.7 Å². The summed E-state index contributed by atoms with van der Waals surface area (Å²) in [6.07, 6.45) is 0.763. The molecule has 0 saturated carbocycles. The van der Waals surface area contributed by atoms with Crippen LogP contribution in [0.2, 0.25) is 0 Å². The highest BCUT2D eigenvalue weighted by Gasteiger charge is 2.29. The summed E-state index contributed by atoms with van der Waals surface area (Å²) >= 11 is 0. The average Bonchev–Trinajstić information content (AvgIpc) is 2.74. The van der Waals surface area contributed by atoms with Crippen molar-refractivity contribution in [2.45, 2.75) is 58.7 Å². The first-order chi connectivity index (χ1) is 15.0. The summed E-state index contributed by atoms with van der Waals surface area (Å²) in [4.78, 5) is 48.8. The molecule has 10 nitrogen and oxygen atoms in total. The van der Waals surface area contributed by atoms with E-state index < -0.39 is 41.8 Å². The van der Waals surface area contributed by atoms with Gasteiger partial charge in [-0.3, -0.25) is 14.4 Å². The number of nitrogens with two attached hydrogens (primary N) is 1. The number of rotatable bonds is 12. The topological polar surface area (TPSA) is 171 Å². The first-order valence-electron chi connectivity index (χ1n) is 10.6. The maximum absolute atomic E-state index is 12.8. The van der Waals surface area contributed by atoms with Crippen molar-refractivity contribution in [1.29, 1.82) is 0 Å². The molecule has 178 valence electrons. The number of carboxylic acid groups (broad SMARTS) is 1. The van der Waals surface area contributed by atoms with Crippen molar-refractivity contribution in [3.63, 3.8) is 0 Å². The summed E-state index contributed by atoms with van der Waals surface area (Å²) in [5.41, 5.74) is 6.49. The van der Waals surface area contributed by atoms with Crippen LogP contribution in [0, 0.1) is 11.8 Å². The Kier molecular flexibility index (Phi) is 10.6. The van der Waals surface area contributed by atoms with Gasteiger partial charge in [-0.1, -0.05) is 46.2 Å². The Morgan fingerprint density at radius 3 is 2.09 bits per heavy atom. The van der Waals surface area contributed by atoms with E-state index in [4.69, 9.17) is 5.73 Å². The minimum atomic E-state index is -1.19. The Morgan fingerprint density at radius 1 is 1.00 bits per heavy atom. The van der Waals surface area contributed by atoms with Crippen LogP contribution in [-0.4, -0.2) is 58.6 Å². The third-order valence-corrected chi connectivity index (χ3v) is 5.24. The number of hydrogen-bond acceptors (Lipinski definition) is 6. The molecule has 0 aromatic heterocycles. The van der Waals surface area contributed by atoms with Crippen LogP contribution < -0.4 is 21.7 Å². The second-order valence-electron chi connectivity index (χ2n) is 8.19. The van der Waals surface area contributed by atoms with Gasteiger partial charge in [0.1, 0.15) is 17.8 Å². The van der Waals surface area contributed by atoms with E-state index in [-0.39, 0.29) is 30.6 Å². The Balaban J connectivity index is 2.88. The van der Waals surface area contributed by atoms with Gasteiger partial charge in [0.25, 0.3) is 0 Å². The molecule has 1 aromatic carbocycles. The molecule has 0 unspecified atom stereocenters. The number of carbonyl (C=O) groups is 4. The second kappa shape index (κ2) is 12.7. The molecular formula is C22H34N4O6. The lowest BCUT2D eigenvalue weighted by Gasteiger charge is -2.24. The molecule has 0 saturated heterocycles. The lowest BCUT2D eigenvalue weighted by Crippen LogP contribution is -2.55. The van der Waals surface area contributed by atoms with Gasteiger partial charge in [-0.15, -0.1) is 0 Å². The zero-order valence-electron chi connectivity index (χ0n) is 18.9. The lowest BCUT2D eigenvalue weighted by molar-refractivity contribution is -0.143. The molecule has 0 radical (unpaired) electrons. The van der Waals surface area contributed by atoms with Crippen LogP contribution in [-0.2, 0) is 25.6 Å². The van der Waals surface area contributed by atoms with Crippen molar-refractivity contribution in [3.8, 4) is 5.75 Å². The normalized spacial score (nSPS) is 14.7. The number of aliphatic carboxylic acids is 1. The number of carbonyl (C=O) groups excluding carboxylic acids is 3. The molecule has 3 amide bonds. The molecular weight excluding hydrogens is 416 g/mol. The van der Waals surface area contributed by atoms with Gasteiger partial charge in [0.05, 0.1) is 12.6 Å². The monoisotopic (exact) mass is 450 g/mol. The molecule has 0 spiro atoms. The third kappa shape index (κ3) is 8.54. The molecule has 4 atom stereocenters. The van der Waals surface area contributed by atoms with E-state index in [9.17, 15) is 29.4 Å². The number of nitrogens with one attached hydrogen (secondary N) is 3. The standard InChI is InChI=1S/C22H34N4O6/c1-5-13(4)18(23)21(30)24-11-17(28)25-16(10-14-6-8-15(27)9-7-14)20(29)26-19(12(2)3)22(31)32/h6-9,12-13,16,18-19,27H,5,10-11,23H2,1-4H3,(H,24,30)(H,25,28)(H,26,29)(H,31,32)/t13-,16-,18-,19-/m0/s1. The van der Waals surface area contributed by atoms with Crippen molar-refractivity contribution >= 4 is 23.7 Å². The fourth-order valence-electron chi connectivity index (χ4n) is 2.89. The predicted octanol–water partition coefficient (Wildman–Crippen LogP) is 0.135. The molecule has 32 heavy (non-hydrogen) atoms. The molecule has 0 heterocycles. The predicted molar refractivity (Wildman–Crippen MR) is 119 cm³/mol. The van der Waals surface area contributed by atoms with Gasteiger partial charge in [-0.05, 0) is 29.5 Å². The summed E-state index contributed by atoms with van der Waals surface area (Å²) < 4.78 is 0. The van der Waals surface area contributed by atoms with E-state index in [1.807, 2.05) is 13.8 Å². The van der Waals surface area contributed by atoms with Gasteiger partial charge < -0.3 is 31.9 Å². The third-order valence-electron chi connectivity index (χ3n) is 5.24. The van der Waals surface area contributed by atoms with Crippen molar-refractivity contribution in [2.75, 3.05) is 6.54 Å². The minimum Gasteiger partial charge on any atom is -0.508 e. The summed E-state index contributed by atoms with van der Waals surface area (Å²) in [5, 5.41) is 26.2. The Hall–Kier alpha value is -3.14. The van der Waals surface area contributed by atoms with Crippen LogP contribution in [0.25, 0.3) is 0 Å². The smallest absolute Gasteiger partial charge is 0.326 e. The average molecular weight is 451 g/mol. The molecule has 0 aliphatic heterocycles. The number of phenols is 1. The quantitative estimate of drug-likeness (QED) is 0.263. The number of phenolic OH excluding ortho intramolecular Hbond substituents is 1. The fraction of sp³-hybridized carbons (Fsp3) is 0.545. The minimum absolute atomic E-state index is 0.0462. The van der Waals surface area contributed by atoms with Crippen LogP contribution in [0.15, 0.2) is 24.3 Å². The summed E-state index contributed by atoms with van der Waals surface area (Å²) in [7, 11) is 0. The van der Waals surface area contributed by atoms with E-state index >= 15 is 0 Å². The maximum atomic E-state index is 12.8. The molecule has 0 aliphatic carbocycles. The van der Waals surface area contributed by atoms with E-state index in [1.54, 1.807) is 26.0 Å². The van der Waals surface area contributed by atoms with Crippen LogP contribution >= 0.6 is 0 Å². The summed E-state index contributed by atoms with van der Waals surface area (Å²) in [6.45, 7) is 6.66. The zero-order valence-corrected chi connectivity index (χ0v) is 18.9. The number of amides is 3. The van der Waals surface area contributed by atoms with E-state index in [0.717, 1.165) is 0 Å². The van der Waals surface area contributed by atoms with Crippen LogP contribution in [0.3, 0.4) is 0 Å². The van der Waals surface area contributed by atoms with Crippen molar-refractivity contribution in [2.24, 2.45) is 17.6 Å². The van der Waals surface area contributed by atoms with Gasteiger partial charge >= 0.3 is 5.97 Å². The Bertz CT molecular complexity index is 796. The molecule has 10 heteroatoms.